The lowest BCUT2D eigenvalue weighted by molar-refractivity contribution is -0.384. The second kappa shape index (κ2) is 5.75. The fourth-order valence-electron chi connectivity index (χ4n) is 1.65. The lowest BCUT2D eigenvalue weighted by atomic mass is 10.1. The van der Waals surface area contributed by atoms with Gasteiger partial charge in [0.05, 0.1) is 10.5 Å². The van der Waals surface area contributed by atoms with Crippen LogP contribution in [-0.4, -0.2) is 14.9 Å². The lowest BCUT2D eigenvalue weighted by Gasteiger charge is -2.08. The minimum absolute atomic E-state index is 0.136. The molecule has 0 aliphatic heterocycles. The third-order valence-corrected chi connectivity index (χ3v) is 2.79. The van der Waals surface area contributed by atoms with E-state index < -0.39 is 4.92 Å². The first kappa shape index (κ1) is 13.4. The van der Waals surface area contributed by atoms with Gasteiger partial charge in [-0.1, -0.05) is 0 Å². The van der Waals surface area contributed by atoms with E-state index in [-0.39, 0.29) is 17.1 Å². The Morgan fingerprint density at radius 1 is 1.50 bits per heavy atom. The molecule has 0 saturated heterocycles. The molecular weight excluding hydrogens is 258 g/mol. The fourth-order valence-corrected chi connectivity index (χ4v) is 1.65. The molecule has 0 bridgehead atoms. The number of aromatic nitrogens is 2. The first-order valence-corrected chi connectivity index (χ1v) is 5.79. The maximum Gasteiger partial charge on any atom is 0.312 e. The van der Waals surface area contributed by atoms with E-state index in [1.807, 2.05) is 19.1 Å². The first-order valence-electron chi connectivity index (χ1n) is 5.79. The smallest absolute Gasteiger partial charge is 0.312 e. The van der Waals surface area contributed by atoms with Crippen LogP contribution < -0.4 is 5.32 Å². The average Bonchev–Trinajstić information content (AvgIpc) is 2.46. The van der Waals surface area contributed by atoms with Crippen LogP contribution >= 0.6 is 0 Å². The predicted molar refractivity (Wildman–Crippen MR) is 71.9 cm³/mol. The Kier molecular flexibility index (Phi) is 3.86. The van der Waals surface area contributed by atoms with Crippen LogP contribution in [0, 0.1) is 28.4 Å². The van der Waals surface area contributed by atoms with Crippen molar-refractivity contribution in [3.8, 4) is 6.07 Å². The predicted octanol–water partition coefficient (Wildman–Crippen LogP) is 2.18. The molecule has 0 aliphatic rings. The van der Waals surface area contributed by atoms with Gasteiger partial charge in [-0.2, -0.15) is 5.26 Å². The standard InChI is InChI=1S/C13H11N5O2/c1-9-2-3-15-7-11(9)8-17-13-12(18(19)20)4-10(5-14)6-16-13/h2-4,6-7H,8H2,1H3,(H,16,17). The van der Waals surface area contributed by atoms with Gasteiger partial charge < -0.3 is 5.32 Å². The van der Waals surface area contributed by atoms with Crippen molar-refractivity contribution in [3.05, 3.63) is 57.5 Å². The van der Waals surface area contributed by atoms with Crippen LogP contribution in [0.5, 0.6) is 0 Å². The van der Waals surface area contributed by atoms with Gasteiger partial charge in [0.2, 0.25) is 5.82 Å². The fraction of sp³-hybridized carbons (Fsp3) is 0.154. The summed E-state index contributed by atoms with van der Waals surface area (Å²) in [6.07, 6.45) is 4.67. The van der Waals surface area contributed by atoms with Crippen LogP contribution in [0.3, 0.4) is 0 Å². The van der Waals surface area contributed by atoms with E-state index in [0.717, 1.165) is 11.1 Å². The van der Waals surface area contributed by atoms with Crippen molar-refractivity contribution >= 4 is 11.5 Å². The van der Waals surface area contributed by atoms with Crippen molar-refractivity contribution in [1.29, 1.82) is 5.26 Å². The Morgan fingerprint density at radius 2 is 2.30 bits per heavy atom. The Morgan fingerprint density at radius 3 is 2.95 bits per heavy atom. The van der Waals surface area contributed by atoms with Gasteiger partial charge in [0.25, 0.3) is 0 Å². The van der Waals surface area contributed by atoms with Crippen molar-refractivity contribution in [1.82, 2.24) is 9.97 Å². The number of hydrogen-bond donors (Lipinski definition) is 1. The molecule has 0 spiro atoms. The van der Waals surface area contributed by atoms with Gasteiger partial charge in [0, 0.05) is 31.2 Å². The van der Waals surface area contributed by atoms with Gasteiger partial charge in [0.15, 0.2) is 0 Å². The Labute approximate surface area is 115 Å². The summed E-state index contributed by atoms with van der Waals surface area (Å²) >= 11 is 0. The second-order valence-electron chi connectivity index (χ2n) is 4.12. The van der Waals surface area contributed by atoms with Gasteiger partial charge in [-0.25, -0.2) is 4.98 Å². The van der Waals surface area contributed by atoms with E-state index in [2.05, 4.69) is 15.3 Å². The molecule has 7 heteroatoms. The molecule has 2 heterocycles. The van der Waals surface area contributed by atoms with Crippen molar-refractivity contribution in [2.24, 2.45) is 0 Å². The molecule has 0 aliphatic carbocycles. The zero-order chi connectivity index (χ0) is 14.5. The summed E-state index contributed by atoms with van der Waals surface area (Å²) in [6, 6.07) is 4.89. The van der Waals surface area contributed by atoms with Gasteiger partial charge in [0.1, 0.15) is 6.07 Å². The molecule has 7 nitrogen and oxygen atoms in total. The van der Waals surface area contributed by atoms with Gasteiger partial charge in [-0.15, -0.1) is 0 Å². The zero-order valence-corrected chi connectivity index (χ0v) is 10.7. The van der Waals surface area contributed by atoms with Gasteiger partial charge in [-0.3, -0.25) is 15.1 Å². The molecular formula is C13H11N5O2. The summed E-state index contributed by atoms with van der Waals surface area (Å²) in [7, 11) is 0. The quantitative estimate of drug-likeness (QED) is 0.673. The highest BCUT2D eigenvalue weighted by molar-refractivity contribution is 5.58. The molecule has 0 atom stereocenters. The third-order valence-electron chi connectivity index (χ3n) is 2.79. The molecule has 100 valence electrons. The molecule has 0 amide bonds. The Balaban J connectivity index is 2.24. The number of pyridine rings is 2. The minimum atomic E-state index is -0.563. The van der Waals surface area contributed by atoms with E-state index >= 15 is 0 Å². The van der Waals surface area contributed by atoms with Crippen LogP contribution in [-0.2, 0) is 6.54 Å². The summed E-state index contributed by atoms with van der Waals surface area (Å²) in [6.45, 7) is 2.30. The van der Waals surface area contributed by atoms with Crippen molar-refractivity contribution in [2.45, 2.75) is 13.5 Å². The van der Waals surface area contributed by atoms with E-state index in [1.54, 1.807) is 12.4 Å². The molecule has 2 aromatic heterocycles. The van der Waals surface area contributed by atoms with Crippen LogP contribution in [0.1, 0.15) is 16.7 Å². The highest BCUT2D eigenvalue weighted by Crippen LogP contribution is 2.23. The van der Waals surface area contributed by atoms with E-state index in [0.29, 0.717) is 6.54 Å². The van der Waals surface area contributed by atoms with Crippen LogP contribution in [0.4, 0.5) is 11.5 Å². The molecule has 0 fully saturated rings. The Bertz CT molecular complexity index is 693. The summed E-state index contributed by atoms with van der Waals surface area (Å²) in [5, 5.41) is 22.6. The van der Waals surface area contributed by atoms with Crippen molar-refractivity contribution < 1.29 is 4.92 Å². The minimum Gasteiger partial charge on any atom is -0.360 e. The highest BCUT2D eigenvalue weighted by atomic mass is 16.6. The maximum atomic E-state index is 11.0. The number of nitrogens with one attached hydrogen (secondary N) is 1. The van der Waals surface area contributed by atoms with Gasteiger partial charge >= 0.3 is 5.69 Å². The number of nitriles is 1. The summed E-state index contributed by atoms with van der Waals surface area (Å²) in [5.41, 5.74) is 1.89. The monoisotopic (exact) mass is 269 g/mol. The van der Waals surface area contributed by atoms with Crippen LogP contribution in [0.25, 0.3) is 0 Å². The number of rotatable bonds is 4. The maximum absolute atomic E-state index is 11.0. The van der Waals surface area contributed by atoms with E-state index in [1.165, 1.54) is 12.3 Å². The summed E-state index contributed by atoms with van der Waals surface area (Å²) in [5.74, 6) is 0.136. The van der Waals surface area contributed by atoms with Crippen LogP contribution in [0.2, 0.25) is 0 Å². The highest BCUT2D eigenvalue weighted by Gasteiger charge is 2.16. The Hall–Kier alpha value is -3.01. The normalized spacial score (nSPS) is 9.80. The third kappa shape index (κ3) is 2.87. The number of anilines is 1. The molecule has 0 saturated carbocycles. The zero-order valence-electron chi connectivity index (χ0n) is 10.7. The number of nitrogens with zero attached hydrogens (tertiary/aromatic N) is 4. The van der Waals surface area contributed by atoms with Crippen molar-refractivity contribution in [2.75, 3.05) is 5.32 Å². The molecule has 0 unspecified atom stereocenters. The average molecular weight is 269 g/mol. The molecule has 0 aromatic carbocycles. The van der Waals surface area contributed by atoms with Crippen molar-refractivity contribution in [3.63, 3.8) is 0 Å². The van der Waals surface area contributed by atoms with E-state index in [4.69, 9.17) is 5.26 Å². The SMILES string of the molecule is Cc1ccncc1CNc1ncc(C#N)cc1[N+](=O)[O-]. The summed E-state index contributed by atoms with van der Waals surface area (Å²) < 4.78 is 0. The molecule has 20 heavy (non-hydrogen) atoms. The largest absolute Gasteiger partial charge is 0.360 e. The molecule has 0 radical (unpaired) electrons. The number of aryl methyl sites for hydroxylation is 1. The van der Waals surface area contributed by atoms with Crippen LogP contribution in [0.15, 0.2) is 30.7 Å². The molecule has 2 aromatic rings. The molecule has 1 N–H and O–H groups in total. The second-order valence-corrected chi connectivity index (χ2v) is 4.12. The van der Waals surface area contributed by atoms with Gasteiger partial charge in [-0.05, 0) is 24.1 Å². The van der Waals surface area contributed by atoms with E-state index in [9.17, 15) is 10.1 Å². The molecule has 2 rings (SSSR count). The summed E-state index contributed by atoms with van der Waals surface area (Å²) in [4.78, 5) is 18.3. The lowest BCUT2D eigenvalue weighted by Crippen LogP contribution is -2.06. The number of nitro groups is 1. The topological polar surface area (TPSA) is 105 Å². The first-order chi connectivity index (χ1) is 9.61. The number of hydrogen-bond acceptors (Lipinski definition) is 6.